The van der Waals surface area contributed by atoms with Gasteiger partial charge in [-0.3, -0.25) is 4.79 Å². The predicted octanol–water partition coefficient (Wildman–Crippen LogP) is 0.966. The van der Waals surface area contributed by atoms with Gasteiger partial charge >= 0.3 is 0 Å². The monoisotopic (exact) mass is 297 g/mol. The number of likely N-dealkylation sites (N-methyl/N-ethyl adjacent to an activating group) is 1. The first-order chi connectivity index (χ1) is 9.27. The third kappa shape index (κ3) is 3.14. The number of anilines is 1. The minimum Gasteiger partial charge on any atom is -0.441 e. The highest BCUT2D eigenvalue weighted by molar-refractivity contribution is 7.88. The van der Waals surface area contributed by atoms with Crippen molar-refractivity contribution in [1.29, 1.82) is 0 Å². The van der Waals surface area contributed by atoms with Crippen molar-refractivity contribution in [2.45, 2.75) is 6.92 Å². The van der Waals surface area contributed by atoms with Crippen molar-refractivity contribution in [3.05, 3.63) is 24.1 Å². The number of sulfonamides is 1. The molecule has 0 bridgehead atoms. The number of para-hydroxylation sites is 1. The summed E-state index contributed by atoms with van der Waals surface area (Å²) in [5.41, 5.74) is 1.60. The van der Waals surface area contributed by atoms with Crippen LogP contribution in [-0.2, 0) is 14.8 Å². The topological polar surface area (TPSA) is 92.5 Å². The number of carbonyl (C=O) groups is 1. The Bertz CT molecular complexity index is 751. The van der Waals surface area contributed by atoms with E-state index in [1.807, 2.05) is 0 Å². The Hall–Kier alpha value is -1.93. The molecule has 0 radical (unpaired) electrons. The lowest BCUT2D eigenvalue weighted by Gasteiger charge is -2.13. The summed E-state index contributed by atoms with van der Waals surface area (Å²) in [5, 5.41) is 2.63. The molecule has 0 aliphatic rings. The summed E-state index contributed by atoms with van der Waals surface area (Å²) >= 11 is 0. The maximum Gasteiger partial charge on any atom is 0.239 e. The number of rotatable bonds is 4. The Morgan fingerprint density at radius 2 is 2.15 bits per heavy atom. The second-order valence-electron chi connectivity index (χ2n) is 4.45. The average molecular weight is 297 g/mol. The lowest BCUT2D eigenvalue weighted by molar-refractivity contribution is -0.116. The van der Waals surface area contributed by atoms with Gasteiger partial charge in [-0.05, 0) is 12.1 Å². The molecular formula is C12H15N3O4S. The van der Waals surface area contributed by atoms with Crippen LogP contribution in [0.5, 0.6) is 0 Å². The van der Waals surface area contributed by atoms with Gasteiger partial charge in [0.05, 0.1) is 18.5 Å². The number of amides is 1. The molecule has 0 unspecified atom stereocenters. The van der Waals surface area contributed by atoms with Gasteiger partial charge < -0.3 is 9.73 Å². The fraction of sp³-hybridized carbons (Fsp3) is 0.333. The standard InChI is InChI=1S/C12H15N3O4S/c1-8-13-12-9(5-4-6-10(12)19-8)14-11(16)7-15(2)20(3,17)18/h4-6H,7H2,1-3H3,(H,14,16). The maximum atomic E-state index is 11.8. The number of benzene rings is 1. The van der Waals surface area contributed by atoms with Crippen LogP contribution < -0.4 is 5.32 Å². The molecular weight excluding hydrogens is 282 g/mol. The van der Waals surface area contributed by atoms with Crippen molar-refractivity contribution in [2.24, 2.45) is 0 Å². The molecule has 0 fully saturated rings. The number of nitrogens with zero attached hydrogens (tertiary/aromatic N) is 2. The van der Waals surface area contributed by atoms with Gasteiger partial charge in [0, 0.05) is 14.0 Å². The van der Waals surface area contributed by atoms with Gasteiger partial charge in [-0.25, -0.2) is 13.4 Å². The van der Waals surface area contributed by atoms with Crippen molar-refractivity contribution >= 4 is 32.7 Å². The highest BCUT2D eigenvalue weighted by Gasteiger charge is 2.16. The molecule has 1 aromatic carbocycles. The number of hydrogen-bond acceptors (Lipinski definition) is 5. The molecule has 0 aliphatic heterocycles. The maximum absolute atomic E-state index is 11.8. The van der Waals surface area contributed by atoms with E-state index >= 15 is 0 Å². The molecule has 0 spiro atoms. The summed E-state index contributed by atoms with van der Waals surface area (Å²) in [6, 6.07) is 5.15. The lowest BCUT2D eigenvalue weighted by Crippen LogP contribution is -2.34. The number of nitrogens with one attached hydrogen (secondary N) is 1. The van der Waals surface area contributed by atoms with Crippen LogP contribution in [0.4, 0.5) is 5.69 Å². The van der Waals surface area contributed by atoms with E-state index in [4.69, 9.17) is 4.42 Å². The molecule has 0 saturated heterocycles. The molecule has 20 heavy (non-hydrogen) atoms. The Labute approximate surface area is 116 Å². The highest BCUT2D eigenvalue weighted by Crippen LogP contribution is 2.23. The first-order valence-electron chi connectivity index (χ1n) is 5.84. The Morgan fingerprint density at radius 3 is 2.80 bits per heavy atom. The van der Waals surface area contributed by atoms with E-state index in [-0.39, 0.29) is 6.54 Å². The Kier molecular flexibility index (Phi) is 3.78. The predicted molar refractivity (Wildman–Crippen MR) is 74.8 cm³/mol. The largest absolute Gasteiger partial charge is 0.441 e. The Balaban J connectivity index is 2.18. The summed E-state index contributed by atoms with van der Waals surface area (Å²) in [6.07, 6.45) is 1.04. The average Bonchev–Trinajstić information content (AvgIpc) is 2.69. The van der Waals surface area contributed by atoms with Crippen LogP contribution in [0.2, 0.25) is 0 Å². The lowest BCUT2D eigenvalue weighted by atomic mass is 10.3. The van der Waals surface area contributed by atoms with Crippen molar-refractivity contribution in [3.8, 4) is 0 Å². The van der Waals surface area contributed by atoms with E-state index in [2.05, 4.69) is 10.3 Å². The number of aryl methyl sites for hydroxylation is 1. The van der Waals surface area contributed by atoms with Crippen molar-refractivity contribution in [2.75, 3.05) is 25.2 Å². The fourth-order valence-corrected chi connectivity index (χ4v) is 2.02. The second-order valence-corrected chi connectivity index (χ2v) is 6.54. The molecule has 8 heteroatoms. The van der Waals surface area contributed by atoms with Crippen molar-refractivity contribution < 1.29 is 17.6 Å². The summed E-state index contributed by atoms with van der Waals surface area (Å²) < 4.78 is 28.8. The molecule has 1 aromatic heterocycles. The molecule has 1 heterocycles. The Morgan fingerprint density at radius 1 is 1.45 bits per heavy atom. The summed E-state index contributed by atoms with van der Waals surface area (Å²) in [5.74, 6) is 0.0565. The van der Waals surface area contributed by atoms with Crippen LogP contribution in [0.15, 0.2) is 22.6 Å². The molecule has 108 valence electrons. The van der Waals surface area contributed by atoms with Crippen LogP contribution in [0.3, 0.4) is 0 Å². The summed E-state index contributed by atoms with van der Waals surface area (Å²) in [6.45, 7) is 1.45. The van der Waals surface area contributed by atoms with E-state index in [1.54, 1.807) is 25.1 Å². The van der Waals surface area contributed by atoms with Gasteiger partial charge in [0.15, 0.2) is 11.5 Å². The normalized spacial score (nSPS) is 12.0. The zero-order chi connectivity index (χ0) is 14.9. The van der Waals surface area contributed by atoms with Gasteiger partial charge in [0.1, 0.15) is 5.52 Å². The molecule has 0 saturated carbocycles. The molecule has 0 atom stereocenters. The third-order valence-electron chi connectivity index (χ3n) is 2.73. The summed E-state index contributed by atoms with van der Waals surface area (Å²) in [7, 11) is -2.05. The first kappa shape index (κ1) is 14.5. The van der Waals surface area contributed by atoms with Crippen LogP contribution in [0, 0.1) is 6.92 Å². The number of fused-ring (bicyclic) bond motifs is 1. The van der Waals surface area contributed by atoms with E-state index in [9.17, 15) is 13.2 Å². The first-order valence-corrected chi connectivity index (χ1v) is 7.69. The minimum absolute atomic E-state index is 0.258. The number of hydrogen-bond donors (Lipinski definition) is 1. The van der Waals surface area contributed by atoms with Crippen molar-refractivity contribution in [1.82, 2.24) is 9.29 Å². The number of oxazole rings is 1. The van der Waals surface area contributed by atoms with E-state index in [0.717, 1.165) is 10.6 Å². The summed E-state index contributed by atoms with van der Waals surface area (Å²) in [4.78, 5) is 16.0. The van der Waals surface area contributed by atoms with Gasteiger partial charge in [-0.1, -0.05) is 6.07 Å². The van der Waals surface area contributed by atoms with Gasteiger partial charge in [0.25, 0.3) is 0 Å². The molecule has 1 N–H and O–H groups in total. The smallest absolute Gasteiger partial charge is 0.239 e. The molecule has 2 aromatic rings. The molecule has 0 aliphatic carbocycles. The fourth-order valence-electron chi connectivity index (χ4n) is 1.67. The van der Waals surface area contributed by atoms with Crippen molar-refractivity contribution in [3.63, 3.8) is 0 Å². The van der Waals surface area contributed by atoms with Gasteiger partial charge in [-0.2, -0.15) is 4.31 Å². The van der Waals surface area contributed by atoms with E-state index in [0.29, 0.717) is 22.7 Å². The quantitative estimate of drug-likeness (QED) is 0.907. The van der Waals surface area contributed by atoms with Crippen LogP contribution in [0.1, 0.15) is 5.89 Å². The SMILES string of the molecule is Cc1nc2c(NC(=O)CN(C)S(C)(=O)=O)cccc2o1. The zero-order valence-electron chi connectivity index (χ0n) is 11.4. The zero-order valence-corrected chi connectivity index (χ0v) is 12.2. The van der Waals surface area contributed by atoms with Crippen LogP contribution in [-0.4, -0.2) is 43.5 Å². The van der Waals surface area contributed by atoms with Crippen LogP contribution in [0.25, 0.3) is 11.1 Å². The van der Waals surface area contributed by atoms with Gasteiger partial charge in [-0.15, -0.1) is 0 Å². The number of aromatic nitrogens is 1. The van der Waals surface area contributed by atoms with Crippen LogP contribution >= 0.6 is 0 Å². The highest BCUT2D eigenvalue weighted by atomic mass is 32.2. The minimum atomic E-state index is -3.39. The van der Waals surface area contributed by atoms with E-state index in [1.165, 1.54) is 7.05 Å². The second kappa shape index (κ2) is 5.22. The third-order valence-corrected chi connectivity index (χ3v) is 3.99. The van der Waals surface area contributed by atoms with E-state index < -0.39 is 15.9 Å². The molecule has 2 rings (SSSR count). The molecule has 7 nitrogen and oxygen atoms in total. The van der Waals surface area contributed by atoms with Gasteiger partial charge in [0.2, 0.25) is 15.9 Å². The number of carbonyl (C=O) groups excluding carboxylic acids is 1. The molecule has 1 amide bonds.